The van der Waals surface area contributed by atoms with E-state index in [2.05, 4.69) is 6.92 Å². The van der Waals surface area contributed by atoms with Crippen molar-refractivity contribution in [2.24, 2.45) is 0 Å². The van der Waals surface area contributed by atoms with E-state index in [-0.39, 0.29) is 0 Å². The summed E-state index contributed by atoms with van der Waals surface area (Å²) in [5, 5.41) is 8.88. The maximum absolute atomic E-state index is 10.8. The third kappa shape index (κ3) is 5.53. The van der Waals surface area contributed by atoms with E-state index in [0.717, 1.165) is 18.4 Å². The molecule has 94 valence electrons. The van der Waals surface area contributed by atoms with Crippen LogP contribution in [0, 0.1) is 0 Å². The van der Waals surface area contributed by atoms with Gasteiger partial charge in [0.1, 0.15) is 0 Å². The van der Waals surface area contributed by atoms with Crippen molar-refractivity contribution in [3.05, 3.63) is 35.4 Å². The Labute approximate surface area is 104 Å². The molecular weight excluding hydrogens is 212 g/mol. The topological polar surface area (TPSA) is 37.3 Å². The molecule has 0 atom stereocenters. The second-order valence-electron chi connectivity index (χ2n) is 4.52. The van der Waals surface area contributed by atoms with E-state index >= 15 is 0 Å². The number of rotatable bonds is 8. The standard InChI is InChI=1S/C15H22O2/c1-2-3-4-5-6-7-9-13-10-8-11-14(12-13)15(16)17/h8,10-12H,2-7,9H2,1H3,(H,16,17). The highest BCUT2D eigenvalue weighted by Gasteiger charge is 2.02. The van der Waals surface area contributed by atoms with Crippen LogP contribution in [0.15, 0.2) is 24.3 Å². The summed E-state index contributed by atoms with van der Waals surface area (Å²) < 4.78 is 0. The zero-order chi connectivity index (χ0) is 12.5. The molecule has 0 radical (unpaired) electrons. The summed E-state index contributed by atoms with van der Waals surface area (Å²) in [5.41, 5.74) is 1.54. The Morgan fingerprint density at radius 1 is 1.12 bits per heavy atom. The van der Waals surface area contributed by atoms with Gasteiger partial charge in [-0.05, 0) is 30.5 Å². The first-order valence-corrected chi connectivity index (χ1v) is 6.56. The van der Waals surface area contributed by atoms with E-state index in [4.69, 9.17) is 5.11 Å². The molecule has 1 N–H and O–H groups in total. The molecule has 0 unspecified atom stereocenters. The highest BCUT2D eigenvalue weighted by molar-refractivity contribution is 5.87. The number of aryl methyl sites for hydroxylation is 1. The van der Waals surface area contributed by atoms with Gasteiger partial charge in [0, 0.05) is 0 Å². The van der Waals surface area contributed by atoms with Crippen molar-refractivity contribution in [2.45, 2.75) is 51.9 Å². The molecule has 0 aromatic heterocycles. The summed E-state index contributed by atoms with van der Waals surface area (Å²) in [7, 11) is 0. The van der Waals surface area contributed by atoms with Crippen molar-refractivity contribution in [3.8, 4) is 0 Å². The number of carboxylic acid groups (broad SMARTS) is 1. The lowest BCUT2D eigenvalue weighted by Gasteiger charge is -2.03. The van der Waals surface area contributed by atoms with Gasteiger partial charge in [-0.2, -0.15) is 0 Å². The number of hydrogen-bond donors (Lipinski definition) is 1. The molecule has 0 heterocycles. The van der Waals surface area contributed by atoms with Gasteiger partial charge in [0.05, 0.1) is 5.56 Å². The number of carbonyl (C=O) groups is 1. The lowest BCUT2D eigenvalue weighted by atomic mass is 10.0. The average molecular weight is 234 g/mol. The van der Waals surface area contributed by atoms with Crippen LogP contribution >= 0.6 is 0 Å². The maximum Gasteiger partial charge on any atom is 0.335 e. The molecule has 0 saturated carbocycles. The first kappa shape index (κ1) is 13.8. The number of unbranched alkanes of at least 4 members (excludes halogenated alkanes) is 5. The Kier molecular flexibility index (Phi) is 6.38. The normalized spacial score (nSPS) is 10.4. The predicted octanol–water partition coefficient (Wildman–Crippen LogP) is 4.29. The third-order valence-corrected chi connectivity index (χ3v) is 2.99. The molecule has 1 aromatic rings. The molecule has 2 nitrogen and oxygen atoms in total. The molecule has 1 aromatic carbocycles. The Morgan fingerprint density at radius 3 is 2.53 bits per heavy atom. The average Bonchev–Trinajstić information content (AvgIpc) is 2.34. The molecule has 0 fully saturated rings. The van der Waals surface area contributed by atoms with Crippen LogP contribution in [0.3, 0.4) is 0 Å². The molecule has 0 saturated heterocycles. The molecule has 1 rings (SSSR count). The Morgan fingerprint density at radius 2 is 1.82 bits per heavy atom. The maximum atomic E-state index is 10.8. The number of carboxylic acids is 1. The van der Waals surface area contributed by atoms with Crippen molar-refractivity contribution < 1.29 is 9.90 Å². The van der Waals surface area contributed by atoms with E-state index in [9.17, 15) is 4.79 Å². The Hall–Kier alpha value is -1.31. The van der Waals surface area contributed by atoms with Crippen LogP contribution in [0.5, 0.6) is 0 Å². The van der Waals surface area contributed by atoms with Gasteiger partial charge < -0.3 is 5.11 Å². The molecule has 0 amide bonds. The van der Waals surface area contributed by atoms with E-state index < -0.39 is 5.97 Å². The van der Waals surface area contributed by atoms with Crippen LogP contribution in [0.4, 0.5) is 0 Å². The first-order valence-electron chi connectivity index (χ1n) is 6.56. The molecule has 0 aliphatic carbocycles. The minimum absolute atomic E-state index is 0.397. The monoisotopic (exact) mass is 234 g/mol. The fourth-order valence-electron chi connectivity index (χ4n) is 1.97. The first-order chi connectivity index (χ1) is 8.24. The van der Waals surface area contributed by atoms with Crippen LogP contribution < -0.4 is 0 Å². The molecule has 17 heavy (non-hydrogen) atoms. The molecular formula is C15H22O2. The second-order valence-corrected chi connectivity index (χ2v) is 4.52. The van der Waals surface area contributed by atoms with Gasteiger partial charge in [0.2, 0.25) is 0 Å². The number of aromatic carboxylic acids is 1. The summed E-state index contributed by atoms with van der Waals surface area (Å²) in [6, 6.07) is 7.27. The van der Waals surface area contributed by atoms with E-state index in [1.807, 2.05) is 12.1 Å². The largest absolute Gasteiger partial charge is 0.478 e. The molecule has 2 heteroatoms. The van der Waals surface area contributed by atoms with Gasteiger partial charge in [-0.15, -0.1) is 0 Å². The quantitative estimate of drug-likeness (QED) is 0.681. The fraction of sp³-hybridized carbons (Fsp3) is 0.533. The van der Waals surface area contributed by atoms with E-state index in [1.54, 1.807) is 12.1 Å². The highest BCUT2D eigenvalue weighted by Crippen LogP contribution is 2.11. The summed E-state index contributed by atoms with van der Waals surface area (Å²) in [5.74, 6) is -0.838. The number of hydrogen-bond acceptors (Lipinski definition) is 1. The van der Waals surface area contributed by atoms with E-state index in [1.165, 1.54) is 32.1 Å². The molecule has 0 aliphatic rings. The van der Waals surface area contributed by atoms with Gasteiger partial charge in [0.25, 0.3) is 0 Å². The van der Waals surface area contributed by atoms with Crippen molar-refractivity contribution in [3.63, 3.8) is 0 Å². The minimum Gasteiger partial charge on any atom is -0.478 e. The van der Waals surface area contributed by atoms with Crippen LogP contribution in [-0.4, -0.2) is 11.1 Å². The predicted molar refractivity (Wildman–Crippen MR) is 70.5 cm³/mol. The minimum atomic E-state index is -0.838. The Balaban J connectivity index is 2.27. The van der Waals surface area contributed by atoms with Gasteiger partial charge >= 0.3 is 5.97 Å². The van der Waals surface area contributed by atoms with Crippen LogP contribution in [0.2, 0.25) is 0 Å². The fourth-order valence-corrected chi connectivity index (χ4v) is 1.97. The number of benzene rings is 1. The van der Waals surface area contributed by atoms with Crippen LogP contribution in [-0.2, 0) is 6.42 Å². The van der Waals surface area contributed by atoms with Crippen LogP contribution in [0.1, 0.15) is 61.4 Å². The van der Waals surface area contributed by atoms with Crippen molar-refractivity contribution in [2.75, 3.05) is 0 Å². The SMILES string of the molecule is CCCCCCCCc1cccc(C(=O)O)c1. The summed E-state index contributed by atoms with van der Waals surface area (Å²) >= 11 is 0. The molecule has 0 bridgehead atoms. The van der Waals surface area contributed by atoms with Crippen molar-refractivity contribution in [1.29, 1.82) is 0 Å². The van der Waals surface area contributed by atoms with E-state index in [0.29, 0.717) is 5.56 Å². The lowest BCUT2D eigenvalue weighted by molar-refractivity contribution is 0.0697. The third-order valence-electron chi connectivity index (χ3n) is 2.99. The van der Waals surface area contributed by atoms with Gasteiger partial charge in [-0.25, -0.2) is 4.79 Å². The van der Waals surface area contributed by atoms with Crippen molar-refractivity contribution in [1.82, 2.24) is 0 Å². The van der Waals surface area contributed by atoms with Gasteiger partial charge in [-0.3, -0.25) is 0 Å². The molecule has 0 aliphatic heterocycles. The highest BCUT2D eigenvalue weighted by atomic mass is 16.4. The smallest absolute Gasteiger partial charge is 0.335 e. The van der Waals surface area contributed by atoms with Gasteiger partial charge in [0.15, 0.2) is 0 Å². The second kappa shape index (κ2) is 7.88. The summed E-state index contributed by atoms with van der Waals surface area (Å²) in [6.45, 7) is 2.22. The van der Waals surface area contributed by atoms with Crippen LogP contribution in [0.25, 0.3) is 0 Å². The van der Waals surface area contributed by atoms with Gasteiger partial charge in [-0.1, -0.05) is 51.2 Å². The van der Waals surface area contributed by atoms with Crippen molar-refractivity contribution >= 4 is 5.97 Å². The zero-order valence-corrected chi connectivity index (χ0v) is 10.6. The summed E-state index contributed by atoms with van der Waals surface area (Å²) in [4.78, 5) is 10.8. The molecule has 0 spiro atoms. The summed E-state index contributed by atoms with van der Waals surface area (Å²) in [6.07, 6.45) is 8.63. The Bertz CT molecular complexity index is 345. The zero-order valence-electron chi connectivity index (χ0n) is 10.6. The lowest BCUT2D eigenvalue weighted by Crippen LogP contribution is -1.97.